The van der Waals surface area contributed by atoms with E-state index in [4.69, 9.17) is 10.5 Å². The lowest BCUT2D eigenvalue weighted by Gasteiger charge is -2.25. The molecule has 0 spiro atoms. The zero-order chi connectivity index (χ0) is 18.7. The zero-order valence-electron chi connectivity index (χ0n) is 13.4. The van der Waals surface area contributed by atoms with Crippen LogP contribution in [0.25, 0.3) is 5.76 Å². The van der Waals surface area contributed by atoms with E-state index in [0.29, 0.717) is 5.56 Å². The van der Waals surface area contributed by atoms with Crippen molar-refractivity contribution in [2.24, 2.45) is 5.73 Å². The molecule has 0 amide bonds. The van der Waals surface area contributed by atoms with Gasteiger partial charge >= 0.3 is 0 Å². The van der Waals surface area contributed by atoms with Gasteiger partial charge in [-0.25, -0.2) is 0 Å². The van der Waals surface area contributed by atoms with Crippen molar-refractivity contribution in [3.8, 4) is 12.1 Å². The SMILES string of the molecule is N#CC1=C(N)OC(c2ccccc2)=C(C#N)[C@H]1c1ccccc1[N+](=O)[O-]. The van der Waals surface area contributed by atoms with Crippen molar-refractivity contribution in [1.82, 2.24) is 0 Å². The molecule has 0 bridgehead atoms. The van der Waals surface area contributed by atoms with Crippen molar-refractivity contribution in [1.29, 1.82) is 10.5 Å². The van der Waals surface area contributed by atoms with Gasteiger partial charge in [-0.15, -0.1) is 0 Å². The summed E-state index contributed by atoms with van der Waals surface area (Å²) >= 11 is 0. The number of rotatable bonds is 3. The first-order chi connectivity index (χ1) is 12.6. The molecule has 0 saturated carbocycles. The molecule has 0 fully saturated rings. The molecule has 1 heterocycles. The maximum absolute atomic E-state index is 11.4. The molecule has 1 aliphatic heterocycles. The Hall–Kier alpha value is -4.10. The van der Waals surface area contributed by atoms with E-state index in [1.165, 1.54) is 18.2 Å². The fourth-order valence-corrected chi connectivity index (χ4v) is 2.89. The minimum Gasteiger partial charge on any atom is -0.439 e. The van der Waals surface area contributed by atoms with Crippen LogP contribution < -0.4 is 5.73 Å². The van der Waals surface area contributed by atoms with Gasteiger partial charge in [-0.3, -0.25) is 10.1 Å². The predicted octanol–water partition coefficient (Wildman–Crippen LogP) is 3.34. The number of allylic oxidation sites excluding steroid dienone is 2. The van der Waals surface area contributed by atoms with Gasteiger partial charge in [-0.05, 0) is 0 Å². The Balaban J connectivity index is 2.31. The second kappa shape index (κ2) is 6.80. The molecule has 0 saturated heterocycles. The highest BCUT2D eigenvalue weighted by Gasteiger charge is 2.37. The lowest BCUT2D eigenvalue weighted by atomic mass is 9.82. The van der Waals surface area contributed by atoms with E-state index in [2.05, 4.69) is 0 Å². The first kappa shape index (κ1) is 16.7. The molecule has 0 radical (unpaired) electrons. The molecule has 2 N–H and O–H groups in total. The summed E-state index contributed by atoms with van der Waals surface area (Å²) in [5.41, 5.74) is 6.58. The van der Waals surface area contributed by atoms with Crippen LogP contribution in [0.2, 0.25) is 0 Å². The minimum atomic E-state index is -0.976. The summed E-state index contributed by atoms with van der Waals surface area (Å²) in [6, 6.07) is 18.7. The normalized spacial score (nSPS) is 16.5. The molecular formula is C19H12N4O3. The summed E-state index contributed by atoms with van der Waals surface area (Å²) in [5.74, 6) is -0.961. The number of nitrogens with two attached hydrogens (primary N) is 1. The standard InChI is InChI=1S/C19H12N4O3/c20-10-14-17(13-8-4-5-9-16(13)23(24)25)15(11-21)19(22)26-18(14)12-6-2-1-3-7-12/h1-9,17H,22H2/t17-/m1/s1. The second-order valence-corrected chi connectivity index (χ2v) is 5.46. The van der Waals surface area contributed by atoms with Gasteiger partial charge in [-0.2, -0.15) is 10.5 Å². The molecule has 2 aromatic carbocycles. The number of nitro groups is 1. The highest BCUT2D eigenvalue weighted by atomic mass is 16.6. The largest absolute Gasteiger partial charge is 0.439 e. The highest BCUT2D eigenvalue weighted by Crippen LogP contribution is 2.44. The molecule has 1 aliphatic rings. The third-order valence-corrected chi connectivity index (χ3v) is 4.02. The Morgan fingerprint density at radius 3 is 2.23 bits per heavy atom. The van der Waals surface area contributed by atoms with Crippen LogP contribution in [0.15, 0.2) is 71.6 Å². The van der Waals surface area contributed by atoms with Crippen molar-refractivity contribution in [2.45, 2.75) is 5.92 Å². The van der Waals surface area contributed by atoms with E-state index in [-0.39, 0.29) is 34.0 Å². The molecule has 7 nitrogen and oxygen atoms in total. The lowest BCUT2D eigenvalue weighted by Crippen LogP contribution is -2.20. The number of hydrogen-bond acceptors (Lipinski definition) is 6. The first-order valence-electron chi connectivity index (χ1n) is 7.59. The van der Waals surface area contributed by atoms with Gasteiger partial charge in [0, 0.05) is 17.2 Å². The number of para-hydroxylation sites is 1. The van der Waals surface area contributed by atoms with Crippen molar-refractivity contribution < 1.29 is 9.66 Å². The molecule has 0 unspecified atom stereocenters. The molecule has 0 aliphatic carbocycles. The van der Waals surface area contributed by atoms with Crippen molar-refractivity contribution in [3.05, 3.63) is 92.9 Å². The van der Waals surface area contributed by atoms with Crippen LogP contribution in [-0.4, -0.2) is 4.92 Å². The van der Waals surface area contributed by atoms with Gasteiger partial charge in [0.2, 0.25) is 5.88 Å². The van der Waals surface area contributed by atoms with Crippen LogP contribution in [0.1, 0.15) is 17.0 Å². The zero-order valence-corrected chi connectivity index (χ0v) is 13.4. The molecule has 2 aromatic rings. The van der Waals surface area contributed by atoms with E-state index in [1.807, 2.05) is 12.1 Å². The Morgan fingerprint density at radius 1 is 1.00 bits per heavy atom. The number of nitro benzene ring substituents is 1. The highest BCUT2D eigenvalue weighted by molar-refractivity contribution is 5.74. The van der Waals surface area contributed by atoms with Crippen LogP contribution in [-0.2, 0) is 4.74 Å². The van der Waals surface area contributed by atoms with Crippen molar-refractivity contribution in [2.75, 3.05) is 0 Å². The van der Waals surface area contributed by atoms with Crippen LogP contribution in [0, 0.1) is 32.8 Å². The van der Waals surface area contributed by atoms with E-state index in [0.717, 1.165) is 0 Å². The Kier molecular flexibility index (Phi) is 4.38. The number of nitrogens with zero attached hydrogens (tertiary/aromatic N) is 3. The molecule has 3 rings (SSSR count). The van der Waals surface area contributed by atoms with Crippen LogP contribution >= 0.6 is 0 Å². The smallest absolute Gasteiger partial charge is 0.273 e. The fraction of sp³-hybridized carbons (Fsp3) is 0.0526. The molecule has 0 aromatic heterocycles. The summed E-state index contributed by atoms with van der Waals surface area (Å²) in [4.78, 5) is 10.9. The summed E-state index contributed by atoms with van der Waals surface area (Å²) < 4.78 is 5.55. The molecule has 1 atom stereocenters. The minimum absolute atomic E-state index is 0.0319. The second-order valence-electron chi connectivity index (χ2n) is 5.46. The molecule has 7 heteroatoms. The molecule has 26 heavy (non-hydrogen) atoms. The van der Waals surface area contributed by atoms with Gasteiger partial charge in [0.1, 0.15) is 11.6 Å². The first-order valence-corrected chi connectivity index (χ1v) is 7.59. The Labute approximate surface area is 149 Å². The Morgan fingerprint density at radius 2 is 1.62 bits per heavy atom. The van der Waals surface area contributed by atoms with E-state index >= 15 is 0 Å². The van der Waals surface area contributed by atoms with Gasteiger partial charge in [0.05, 0.1) is 22.5 Å². The molecule has 126 valence electrons. The van der Waals surface area contributed by atoms with Crippen LogP contribution in [0.3, 0.4) is 0 Å². The summed E-state index contributed by atoms with van der Waals surface area (Å²) in [6.45, 7) is 0. The third kappa shape index (κ3) is 2.74. The quantitative estimate of drug-likeness (QED) is 0.672. The number of benzene rings is 2. The summed E-state index contributed by atoms with van der Waals surface area (Å²) in [5, 5.41) is 30.7. The molecular weight excluding hydrogens is 332 g/mol. The van der Waals surface area contributed by atoms with Crippen molar-refractivity contribution >= 4 is 11.4 Å². The summed E-state index contributed by atoms with van der Waals surface area (Å²) in [6.07, 6.45) is 0. The third-order valence-electron chi connectivity index (χ3n) is 4.02. The van der Waals surface area contributed by atoms with E-state index in [1.54, 1.807) is 36.4 Å². The number of ether oxygens (including phenoxy) is 1. The monoisotopic (exact) mass is 344 g/mol. The van der Waals surface area contributed by atoms with E-state index in [9.17, 15) is 20.6 Å². The topological polar surface area (TPSA) is 126 Å². The number of nitriles is 2. The fourth-order valence-electron chi connectivity index (χ4n) is 2.89. The average molecular weight is 344 g/mol. The van der Waals surface area contributed by atoms with Gasteiger partial charge in [0.25, 0.3) is 5.69 Å². The maximum atomic E-state index is 11.4. The van der Waals surface area contributed by atoms with Gasteiger partial charge in [0.15, 0.2) is 5.76 Å². The van der Waals surface area contributed by atoms with Gasteiger partial charge < -0.3 is 10.5 Å². The predicted molar refractivity (Wildman–Crippen MR) is 92.7 cm³/mol. The van der Waals surface area contributed by atoms with E-state index < -0.39 is 10.8 Å². The van der Waals surface area contributed by atoms with Crippen LogP contribution in [0.4, 0.5) is 5.69 Å². The van der Waals surface area contributed by atoms with Crippen molar-refractivity contribution in [3.63, 3.8) is 0 Å². The average Bonchev–Trinajstić information content (AvgIpc) is 2.67. The summed E-state index contributed by atoms with van der Waals surface area (Å²) in [7, 11) is 0. The Bertz CT molecular complexity index is 1030. The maximum Gasteiger partial charge on any atom is 0.273 e. The van der Waals surface area contributed by atoms with Gasteiger partial charge in [-0.1, -0.05) is 48.5 Å². The lowest BCUT2D eigenvalue weighted by molar-refractivity contribution is -0.385. The number of hydrogen-bond donors (Lipinski definition) is 1. The van der Waals surface area contributed by atoms with Crippen LogP contribution in [0.5, 0.6) is 0 Å².